The van der Waals surface area contributed by atoms with Crippen molar-refractivity contribution in [2.24, 2.45) is 0 Å². The Morgan fingerprint density at radius 2 is 2.11 bits per heavy atom. The Hall–Kier alpha value is -2.22. The van der Waals surface area contributed by atoms with Crippen LogP contribution in [0.25, 0.3) is 0 Å². The number of carboxylic acid groups (broad SMARTS) is 1. The van der Waals surface area contributed by atoms with Crippen molar-refractivity contribution in [3.63, 3.8) is 0 Å². The number of rotatable bonds is 3. The van der Waals surface area contributed by atoms with Crippen LogP contribution in [0.15, 0.2) is 29.8 Å². The van der Waals surface area contributed by atoms with Crippen molar-refractivity contribution >= 4 is 21.7 Å². The molecule has 0 spiro atoms. The average molecular weight is 282 g/mol. The molecular weight excluding hydrogens is 272 g/mol. The number of sulfone groups is 1. The first-order valence-corrected chi connectivity index (χ1v) is 7.00. The molecule has 0 aromatic carbocycles. The van der Waals surface area contributed by atoms with Gasteiger partial charge in [-0.3, -0.25) is 4.79 Å². The van der Waals surface area contributed by atoms with E-state index in [1.54, 1.807) is 0 Å². The topological polar surface area (TPSA) is 113 Å². The number of pyridine rings is 1. The minimum Gasteiger partial charge on any atom is -0.477 e. The van der Waals surface area contributed by atoms with Gasteiger partial charge in [0.15, 0.2) is 9.84 Å². The van der Waals surface area contributed by atoms with Gasteiger partial charge in [-0.1, -0.05) is 0 Å². The normalized spacial score (nSPS) is 20.1. The summed E-state index contributed by atoms with van der Waals surface area (Å²) in [6, 6.07) is 1.95. The van der Waals surface area contributed by atoms with Crippen LogP contribution < -0.4 is 5.32 Å². The molecule has 0 saturated heterocycles. The molecule has 8 heteroatoms. The van der Waals surface area contributed by atoms with E-state index in [9.17, 15) is 18.0 Å². The molecule has 0 aliphatic carbocycles. The number of hydrogen-bond donors (Lipinski definition) is 2. The quantitative estimate of drug-likeness (QED) is 0.795. The van der Waals surface area contributed by atoms with Crippen LogP contribution in [-0.2, 0) is 9.84 Å². The Morgan fingerprint density at radius 3 is 2.58 bits per heavy atom. The number of nitrogens with one attached hydrogen (secondary N) is 1. The van der Waals surface area contributed by atoms with Crippen molar-refractivity contribution in [1.82, 2.24) is 10.3 Å². The molecule has 1 aromatic heterocycles. The monoisotopic (exact) mass is 282 g/mol. The number of aromatic nitrogens is 1. The second-order valence-corrected chi connectivity index (χ2v) is 5.91. The number of carbonyl (C=O) groups is 2. The molecule has 2 rings (SSSR count). The van der Waals surface area contributed by atoms with Crippen molar-refractivity contribution < 1.29 is 23.1 Å². The molecule has 2 heterocycles. The van der Waals surface area contributed by atoms with Crippen LogP contribution in [0.4, 0.5) is 0 Å². The zero-order valence-electron chi connectivity index (χ0n) is 9.61. The SMILES string of the molecule is O=C(NC1C=CS(=O)(=O)C1)c1ccc(C(=O)O)nc1. The first-order chi connectivity index (χ1) is 8.87. The van der Waals surface area contributed by atoms with Gasteiger partial charge in [0.25, 0.3) is 5.91 Å². The molecule has 0 saturated carbocycles. The molecule has 1 aromatic rings. The van der Waals surface area contributed by atoms with E-state index in [0.717, 1.165) is 11.6 Å². The Labute approximate surface area is 108 Å². The Balaban J connectivity index is 2.05. The Kier molecular flexibility index (Phi) is 3.34. The third kappa shape index (κ3) is 3.16. The van der Waals surface area contributed by atoms with Crippen LogP contribution in [-0.4, -0.2) is 42.2 Å². The molecule has 19 heavy (non-hydrogen) atoms. The number of amides is 1. The maximum atomic E-state index is 11.8. The first kappa shape index (κ1) is 13.2. The van der Waals surface area contributed by atoms with E-state index >= 15 is 0 Å². The number of carboxylic acids is 1. The highest BCUT2D eigenvalue weighted by atomic mass is 32.2. The van der Waals surface area contributed by atoms with Crippen molar-refractivity contribution in [2.45, 2.75) is 6.04 Å². The summed E-state index contributed by atoms with van der Waals surface area (Å²) in [6.07, 6.45) is 2.53. The highest BCUT2D eigenvalue weighted by Gasteiger charge is 2.23. The van der Waals surface area contributed by atoms with Gasteiger partial charge >= 0.3 is 5.97 Å². The van der Waals surface area contributed by atoms with Gasteiger partial charge in [-0.25, -0.2) is 18.2 Å². The molecule has 1 amide bonds. The van der Waals surface area contributed by atoms with Gasteiger partial charge in [-0.15, -0.1) is 0 Å². The molecule has 1 aliphatic heterocycles. The smallest absolute Gasteiger partial charge is 0.354 e. The zero-order valence-corrected chi connectivity index (χ0v) is 10.4. The zero-order chi connectivity index (χ0) is 14.0. The highest BCUT2D eigenvalue weighted by Crippen LogP contribution is 2.09. The second-order valence-electron chi connectivity index (χ2n) is 3.98. The summed E-state index contributed by atoms with van der Waals surface area (Å²) in [5, 5.41) is 12.2. The van der Waals surface area contributed by atoms with E-state index in [2.05, 4.69) is 10.3 Å². The van der Waals surface area contributed by atoms with Crippen LogP contribution in [0.3, 0.4) is 0 Å². The fourth-order valence-corrected chi connectivity index (χ4v) is 2.81. The summed E-state index contributed by atoms with van der Waals surface area (Å²) in [4.78, 5) is 26.0. The fraction of sp³-hybridized carbons (Fsp3) is 0.182. The molecular formula is C11H10N2O5S. The van der Waals surface area contributed by atoms with Crippen LogP contribution in [0, 0.1) is 0 Å². The van der Waals surface area contributed by atoms with Crippen LogP contribution in [0.5, 0.6) is 0 Å². The third-order valence-corrected chi connectivity index (χ3v) is 3.89. The van der Waals surface area contributed by atoms with Crippen LogP contribution >= 0.6 is 0 Å². The van der Waals surface area contributed by atoms with Crippen molar-refractivity contribution in [3.8, 4) is 0 Å². The fourth-order valence-electron chi connectivity index (χ4n) is 1.57. The molecule has 1 aliphatic rings. The summed E-state index contributed by atoms with van der Waals surface area (Å²) in [7, 11) is -3.23. The second kappa shape index (κ2) is 4.81. The number of nitrogens with zero attached hydrogens (tertiary/aromatic N) is 1. The highest BCUT2D eigenvalue weighted by molar-refractivity contribution is 7.94. The molecule has 2 N–H and O–H groups in total. The van der Waals surface area contributed by atoms with E-state index in [1.807, 2.05) is 0 Å². The summed E-state index contributed by atoms with van der Waals surface area (Å²) < 4.78 is 22.3. The Morgan fingerprint density at radius 1 is 1.37 bits per heavy atom. The van der Waals surface area contributed by atoms with Crippen LogP contribution in [0.1, 0.15) is 20.8 Å². The lowest BCUT2D eigenvalue weighted by molar-refractivity contribution is 0.0689. The third-order valence-electron chi connectivity index (χ3n) is 2.49. The van der Waals surface area contributed by atoms with Gasteiger partial charge in [0.2, 0.25) is 0 Å². The lowest BCUT2D eigenvalue weighted by Crippen LogP contribution is -2.35. The maximum absolute atomic E-state index is 11.8. The number of carbonyl (C=O) groups excluding carboxylic acids is 1. The van der Waals surface area contributed by atoms with Crippen molar-refractivity contribution in [3.05, 3.63) is 41.1 Å². The largest absolute Gasteiger partial charge is 0.477 e. The predicted molar refractivity (Wildman–Crippen MR) is 65.4 cm³/mol. The van der Waals surface area contributed by atoms with Gasteiger partial charge in [0, 0.05) is 11.6 Å². The average Bonchev–Trinajstić information content (AvgIpc) is 2.68. The molecule has 0 fully saturated rings. The van der Waals surface area contributed by atoms with Crippen LogP contribution in [0.2, 0.25) is 0 Å². The molecule has 1 unspecified atom stereocenters. The lowest BCUT2D eigenvalue weighted by Gasteiger charge is -2.09. The van der Waals surface area contributed by atoms with E-state index in [0.29, 0.717) is 0 Å². The summed E-state index contributed by atoms with van der Waals surface area (Å²) in [5.41, 5.74) is 0.00240. The van der Waals surface area contributed by atoms with E-state index in [-0.39, 0.29) is 17.0 Å². The van der Waals surface area contributed by atoms with Gasteiger partial charge in [-0.2, -0.15) is 0 Å². The molecule has 0 radical (unpaired) electrons. The summed E-state index contributed by atoms with van der Waals surface area (Å²) in [5.74, 6) is -1.85. The first-order valence-electron chi connectivity index (χ1n) is 5.28. The van der Waals surface area contributed by atoms with Gasteiger partial charge in [0.1, 0.15) is 5.69 Å². The Bertz CT molecular complexity index is 648. The minimum absolute atomic E-state index is 0.167. The minimum atomic E-state index is -3.23. The lowest BCUT2D eigenvalue weighted by atomic mass is 10.2. The predicted octanol–water partition coefficient (Wildman–Crippen LogP) is -0.180. The van der Waals surface area contributed by atoms with E-state index in [4.69, 9.17) is 5.11 Å². The molecule has 0 bridgehead atoms. The number of aromatic carboxylic acids is 1. The molecule has 100 valence electrons. The standard InChI is InChI=1S/C11H10N2O5S/c14-10(13-8-3-4-19(17,18)6-8)7-1-2-9(11(15)16)12-5-7/h1-5,8H,6H2,(H,13,14)(H,15,16). The molecule has 1 atom stereocenters. The van der Waals surface area contributed by atoms with Crippen molar-refractivity contribution in [2.75, 3.05) is 5.75 Å². The van der Waals surface area contributed by atoms with Gasteiger partial charge in [0.05, 0.1) is 17.4 Å². The van der Waals surface area contributed by atoms with E-state index < -0.39 is 27.8 Å². The van der Waals surface area contributed by atoms with E-state index in [1.165, 1.54) is 18.2 Å². The maximum Gasteiger partial charge on any atom is 0.354 e. The van der Waals surface area contributed by atoms with Gasteiger partial charge < -0.3 is 10.4 Å². The summed E-state index contributed by atoms with van der Waals surface area (Å²) >= 11 is 0. The van der Waals surface area contributed by atoms with Crippen molar-refractivity contribution in [1.29, 1.82) is 0 Å². The molecule has 7 nitrogen and oxygen atoms in total. The number of hydrogen-bond acceptors (Lipinski definition) is 5. The summed E-state index contributed by atoms with van der Waals surface area (Å²) in [6.45, 7) is 0. The van der Waals surface area contributed by atoms with Gasteiger partial charge in [-0.05, 0) is 18.2 Å².